The summed E-state index contributed by atoms with van der Waals surface area (Å²) in [6.45, 7) is 1.09. The maximum atomic E-state index is 12.3. The Kier molecular flexibility index (Phi) is 4.73. The Hall–Kier alpha value is -2.36. The average Bonchev–Trinajstić information content (AvgIpc) is 2.33. The summed E-state index contributed by atoms with van der Waals surface area (Å²) >= 11 is 0. The summed E-state index contributed by atoms with van der Waals surface area (Å²) < 4.78 is 37.0. The second-order valence-corrected chi connectivity index (χ2v) is 4.14. The number of pyridine rings is 1. The predicted octanol–water partition coefficient (Wildman–Crippen LogP) is -0.0425. The standard InChI is InChI=1S/C11H11F3N2O5/c1-4(17)7(10(20)21)16-9(19)5-2-3-6(11(12,13)14)15-8(5)18/h2-4,7,17H,1H3,(H,15,18)(H,16,19)(H,20,21). The van der Waals surface area contributed by atoms with Crippen LogP contribution < -0.4 is 10.9 Å². The summed E-state index contributed by atoms with van der Waals surface area (Å²) in [6.07, 6.45) is -6.24. The van der Waals surface area contributed by atoms with E-state index in [0.717, 1.165) is 6.92 Å². The highest BCUT2D eigenvalue weighted by Crippen LogP contribution is 2.26. The van der Waals surface area contributed by atoms with Gasteiger partial charge in [-0.15, -0.1) is 0 Å². The van der Waals surface area contributed by atoms with Gasteiger partial charge in [0.15, 0.2) is 6.04 Å². The fraction of sp³-hybridized carbons (Fsp3) is 0.364. The van der Waals surface area contributed by atoms with Crippen LogP contribution in [0.1, 0.15) is 23.0 Å². The van der Waals surface area contributed by atoms with Gasteiger partial charge in [-0.25, -0.2) is 4.79 Å². The third-order valence-electron chi connectivity index (χ3n) is 2.49. The molecule has 0 radical (unpaired) electrons. The van der Waals surface area contributed by atoms with Crippen molar-refractivity contribution in [3.63, 3.8) is 0 Å². The first-order valence-electron chi connectivity index (χ1n) is 5.56. The van der Waals surface area contributed by atoms with Crippen molar-refractivity contribution in [2.75, 3.05) is 0 Å². The zero-order valence-corrected chi connectivity index (χ0v) is 10.6. The lowest BCUT2D eigenvalue weighted by Crippen LogP contribution is -2.48. The van der Waals surface area contributed by atoms with Crippen LogP contribution in [-0.2, 0) is 11.0 Å². The molecule has 21 heavy (non-hydrogen) atoms. The van der Waals surface area contributed by atoms with Crippen LogP contribution in [0.5, 0.6) is 0 Å². The minimum atomic E-state index is -4.78. The van der Waals surface area contributed by atoms with E-state index >= 15 is 0 Å². The third-order valence-corrected chi connectivity index (χ3v) is 2.49. The number of carboxylic acid groups (broad SMARTS) is 1. The number of hydrogen-bond acceptors (Lipinski definition) is 4. The topological polar surface area (TPSA) is 119 Å². The number of carboxylic acids is 1. The Labute approximate surface area is 115 Å². The summed E-state index contributed by atoms with van der Waals surface area (Å²) in [4.78, 5) is 35.3. The third kappa shape index (κ3) is 4.05. The van der Waals surface area contributed by atoms with E-state index < -0.39 is 47.0 Å². The number of amides is 1. The highest BCUT2D eigenvalue weighted by atomic mass is 19.4. The number of rotatable bonds is 4. The van der Waals surface area contributed by atoms with E-state index in [-0.39, 0.29) is 0 Å². The lowest BCUT2D eigenvalue weighted by molar-refractivity contribution is -0.142. The molecule has 1 aromatic heterocycles. The molecule has 116 valence electrons. The fourth-order valence-corrected chi connectivity index (χ4v) is 1.43. The van der Waals surface area contributed by atoms with Crippen LogP contribution in [0.25, 0.3) is 0 Å². The lowest BCUT2D eigenvalue weighted by atomic mass is 10.1. The molecule has 1 amide bonds. The molecule has 1 rings (SSSR count). The van der Waals surface area contributed by atoms with Crippen molar-refractivity contribution in [3.05, 3.63) is 33.7 Å². The number of H-pyrrole nitrogens is 1. The number of aliphatic hydroxyl groups is 1. The summed E-state index contributed by atoms with van der Waals surface area (Å²) in [6, 6.07) is -0.592. The quantitative estimate of drug-likeness (QED) is 0.622. The Morgan fingerprint density at radius 2 is 1.90 bits per heavy atom. The van der Waals surface area contributed by atoms with Crippen LogP contribution in [-0.4, -0.2) is 39.2 Å². The number of carbonyl (C=O) groups is 2. The largest absolute Gasteiger partial charge is 0.480 e. The molecular formula is C11H11F3N2O5. The van der Waals surface area contributed by atoms with Gasteiger partial charge < -0.3 is 20.5 Å². The van der Waals surface area contributed by atoms with E-state index in [4.69, 9.17) is 10.2 Å². The monoisotopic (exact) mass is 308 g/mol. The van der Waals surface area contributed by atoms with Crippen LogP contribution in [0, 0.1) is 0 Å². The first kappa shape index (κ1) is 16.7. The van der Waals surface area contributed by atoms with Crippen molar-refractivity contribution in [2.24, 2.45) is 0 Å². The highest BCUT2D eigenvalue weighted by molar-refractivity contribution is 5.96. The molecule has 0 bridgehead atoms. The minimum Gasteiger partial charge on any atom is -0.480 e. The van der Waals surface area contributed by atoms with Gasteiger partial charge >= 0.3 is 12.1 Å². The smallest absolute Gasteiger partial charge is 0.431 e. The zero-order chi connectivity index (χ0) is 16.4. The molecule has 7 nitrogen and oxygen atoms in total. The number of aliphatic carboxylic acids is 1. The van der Waals surface area contributed by atoms with Crippen molar-refractivity contribution in [2.45, 2.75) is 25.2 Å². The molecule has 0 aliphatic rings. The molecule has 0 aliphatic heterocycles. The predicted molar refractivity (Wildman–Crippen MR) is 62.6 cm³/mol. The summed E-state index contributed by atoms with van der Waals surface area (Å²) in [5.41, 5.74) is -3.36. The Morgan fingerprint density at radius 3 is 2.29 bits per heavy atom. The zero-order valence-electron chi connectivity index (χ0n) is 10.6. The Morgan fingerprint density at radius 1 is 1.33 bits per heavy atom. The summed E-state index contributed by atoms with van der Waals surface area (Å²) in [5, 5.41) is 19.8. The average molecular weight is 308 g/mol. The van der Waals surface area contributed by atoms with Crippen LogP contribution in [0.4, 0.5) is 13.2 Å². The van der Waals surface area contributed by atoms with Gasteiger partial charge in [-0.1, -0.05) is 0 Å². The van der Waals surface area contributed by atoms with E-state index in [1.54, 1.807) is 0 Å². The van der Waals surface area contributed by atoms with Gasteiger partial charge in [-0.05, 0) is 19.1 Å². The molecule has 0 saturated heterocycles. The van der Waals surface area contributed by atoms with E-state index in [1.165, 1.54) is 4.98 Å². The second-order valence-electron chi connectivity index (χ2n) is 4.14. The van der Waals surface area contributed by atoms with Gasteiger partial charge in [-0.2, -0.15) is 13.2 Å². The van der Waals surface area contributed by atoms with Gasteiger partial charge in [0.05, 0.1) is 6.10 Å². The van der Waals surface area contributed by atoms with Gasteiger partial charge in [0, 0.05) is 0 Å². The van der Waals surface area contributed by atoms with Crippen LogP contribution in [0.3, 0.4) is 0 Å². The van der Waals surface area contributed by atoms with Crippen molar-refractivity contribution in [1.82, 2.24) is 10.3 Å². The molecule has 1 aromatic rings. The van der Waals surface area contributed by atoms with E-state index in [1.807, 2.05) is 5.32 Å². The molecule has 4 N–H and O–H groups in total. The number of aromatic amines is 1. The van der Waals surface area contributed by atoms with E-state index in [9.17, 15) is 27.6 Å². The van der Waals surface area contributed by atoms with Gasteiger partial charge in [0.2, 0.25) is 0 Å². The Balaban J connectivity index is 3.04. The molecule has 2 unspecified atom stereocenters. The molecule has 10 heteroatoms. The van der Waals surface area contributed by atoms with Gasteiger partial charge in [0.25, 0.3) is 11.5 Å². The molecule has 0 spiro atoms. The summed E-state index contributed by atoms with van der Waals surface area (Å²) in [7, 11) is 0. The second kappa shape index (κ2) is 5.95. The van der Waals surface area contributed by atoms with Crippen molar-refractivity contribution in [3.8, 4) is 0 Å². The molecule has 1 heterocycles. The summed E-state index contributed by atoms with van der Waals surface area (Å²) in [5.74, 6) is -2.76. The molecule has 0 aliphatic carbocycles. The number of hydrogen-bond donors (Lipinski definition) is 4. The first-order chi connectivity index (χ1) is 9.54. The number of alkyl halides is 3. The maximum Gasteiger partial charge on any atom is 0.431 e. The number of aromatic nitrogens is 1. The van der Waals surface area contributed by atoms with Crippen LogP contribution >= 0.6 is 0 Å². The molecule has 2 atom stereocenters. The van der Waals surface area contributed by atoms with Crippen LogP contribution in [0.15, 0.2) is 16.9 Å². The SMILES string of the molecule is CC(O)C(NC(=O)c1ccc(C(F)(F)F)[nH]c1=O)C(=O)O. The van der Waals surface area contributed by atoms with Gasteiger partial charge in [0.1, 0.15) is 11.3 Å². The number of carbonyl (C=O) groups excluding carboxylic acids is 1. The molecule has 0 fully saturated rings. The number of aliphatic hydroxyl groups excluding tert-OH is 1. The van der Waals surface area contributed by atoms with Gasteiger partial charge in [-0.3, -0.25) is 9.59 Å². The maximum absolute atomic E-state index is 12.3. The normalized spacial score (nSPS) is 14.3. The molecule has 0 aromatic carbocycles. The van der Waals surface area contributed by atoms with Crippen molar-refractivity contribution >= 4 is 11.9 Å². The van der Waals surface area contributed by atoms with Crippen LogP contribution in [0.2, 0.25) is 0 Å². The minimum absolute atomic E-state index is 0.481. The fourth-order valence-electron chi connectivity index (χ4n) is 1.43. The van der Waals surface area contributed by atoms with E-state index in [0.29, 0.717) is 12.1 Å². The van der Waals surface area contributed by atoms with Crippen molar-refractivity contribution in [1.29, 1.82) is 0 Å². The number of nitrogens with one attached hydrogen (secondary N) is 2. The highest BCUT2D eigenvalue weighted by Gasteiger charge is 2.33. The molecular weight excluding hydrogens is 297 g/mol. The Bertz CT molecular complexity index is 609. The number of halogens is 3. The van der Waals surface area contributed by atoms with Crippen molar-refractivity contribution < 1.29 is 33.0 Å². The molecule has 0 saturated carbocycles. The first-order valence-corrected chi connectivity index (χ1v) is 5.56. The lowest BCUT2D eigenvalue weighted by Gasteiger charge is -2.16. The van der Waals surface area contributed by atoms with E-state index in [2.05, 4.69) is 0 Å².